The number of carbonyl (C=O) groups is 1. The van der Waals surface area contributed by atoms with Gasteiger partial charge in [0.15, 0.2) is 5.82 Å². The Balaban J connectivity index is 1.81. The van der Waals surface area contributed by atoms with Gasteiger partial charge in [0.25, 0.3) is 0 Å². The first-order chi connectivity index (χ1) is 12.0. The summed E-state index contributed by atoms with van der Waals surface area (Å²) in [6.45, 7) is 4.02. The zero-order valence-corrected chi connectivity index (χ0v) is 15.5. The Hall–Kier alpha value is -1.92. The third-order valence-electron chi connectivity index (χ3n) is 4.53. The zero-order valence-electron chi connectivity index (χ0n) is 14.7. The lowest BCUT2D eigenvalue weighted by atomic mass is 10.1. The molecule has 0 spiro atoms. The molecule has 2 aromatic rings. The molecule has 0 radical (unpaired) electrons. The van der Waals surface area contributed by atoms with Crippen LogP contribution in [0.25, 0.3) is 0 Å². The molecule has 1 aromatic carbocycles. The molecule has 0 bridgehead atoms. The fraction of sp³-hybridized carbons (Fsp3) is 0.500. The van der Waals surface area contributed by atoms with Gasteiger partial charge in [-0.1, -0.05) is 23.7 Å². The van der Waals surface area contributed by atoms with E-state index in [9.17, 15) is 4.79 Å². The van der Waals surface area contributed by atoms with Crippen LogP contribution in [-0.4, -0.2) is 45.7 Å². The lowest BCUT2D eigenvalue weighted by Crippen LogP contribution is -2.33. The molecule has 3 rings (SSSR count). The summed E-state index contributed by atoms with van der Waals surface area (Å²) in [5.74, 6) is 1.53. The van der Waals surface area contributed by atoms with Crippen molar-refractivity contribution >= 4 is 17.5 Å². The van der Waals surface area contributed by atoms with Crippen LogP contribution in [0.1, 0.15) is 43.0 Å². The number of hydrogen-bond donors (Lipinski definition) is 1. The quantitative estimate of drug-likeness (QED) is 0.888. The van der Waals surface area contributed by atoms with Crippen molar-refractivity contribution in [2.75, 3.05) is 20.1 Å². The summed E-state index contributed by atoms with van der Waals surface area (Å²) in [6.07, 6.45) is 2.72. The number of aromatic nitrogens is 3. The van der Waals surface area contributed by atoms with Gasteiger partial charge in [-0.15, -0.1) is 0 Å². The van der Waals surface area contributed by atoms with Gasteiger partial charge >= 0.3 is 0 Å². The molecule has 7 heteroatoms. The first-order valence-electron chi connectivity index (χ1n) is 8.63. The Morgan fingerprint density at radius 3 is 2.80 bits per heavy atom. The highest BCUT2D eigenvalue weighted by Gasteiger charge is 2.23. The highest BCUT2D eigenvalue weighted by atomic mass is 35.5. The van der Waals surface area contributed by atoms with Crippen molar-refractivity contribution in [1.29, 1.82) is 0 Å². The zero-order chi connectivity index (χ0) is 17.8. The van der Waals surface area contributed by atoms with Crippen LogP contribution in [0.4, 0.5) is 0 Å². The summed E-state index contributed by atoms with van der Waals surface area (Å²) in [5.41, 5.74) is 1.08. The molecule has 1 aromatic heterocycles. The van der Waals surface area contributed by atoms with Crippen LogP contribution in [0, 0.1) is 0 Å². The summed E-state index contributed by atoms with van der Waals surface area (Å²) in [5, 5.41) is 8.31. The number of nitrogens with zero attached hydrogens (tertiary/aromatic N) is 4. The Morgan fingerprint density at radius 1 is 1.36 bits per heavy atom. The van der Waals surface area contributed by atoms with Crippen molar-refractivity contribution in [3.8, 4) is 0 Å². The molecule has 25 heavy (non-hydrogen) atoms. The molecular weight excluding hydrogens is 338 g/mol. The highest BCUT2D eigenvalue weighted by molar-refractivity contribution is 6.30. The second kappa shape index (κ2) is 7.97. The minimum Gasteiger partial charge on any atom is -0.349 e. The van der Waals surface area contributed by atoms with Crippen LogP contribution in [0.5, 0.6) is 0 Å². The minimum atomic E-state index is -0.0608. The topological polar surface area (TPSA) is 63.1 Å². The van der Waals surface area contributed by atoms with Gasteiger partial charge in [0.1, 0.15) is 5.82 Å². The Kier molecular flexibility index (Phi) is 5.71. The molecule has 1 N–H and O–H groups in total. The van der Waals surface area contributed by atoms with Crippen LogP contribution in [-0.2, 0) is 17.8 Å². The van der Waals surface area contributed by atoms with Gasteiger partial charge in [0.05, 0.1) is 12.6 Å². The average Bonchev–Trinajstić information content (AvgIpc) is 2.96. The lowest BCUT2D eigenvalue weighted by Gasteiger charge is -2.29. The van der Waals surface area contributed by atoms with Gasteiger partial charge in [0.2, 0.25) is 5.91 Å². The van der Waals surface area contributed by atoms with Gasteiger partial charge in [-0.25, -0.2) is 9.67 Å². The maximum atomic E-state index is 11.3. The fourth-order valence-electron chi connectivity index (χ4n) is 3.17. The number of hydrogen-bond acceptors (Lipinski definition) is 4. The summed E-state index contributed by atoms with van der Waals surface area (Å²) in [6, 6.07) is 8.09. The van der Waals surface area contributed by atoms with Crippen molar-refractivity contribution in [1.82, 2.24) is 25.0 Å². The van der Waals surface area contributed by atoms with E-state index in [1.807, 2.05) is 28.9 Å². The molecule has 0 saturated carbocycles. The molecule has 1 saturated heterocycles. The Morgan fingerprint density at radius 2 is 2.12 bits per heavy atom. The van der Waals surface area contributed by atoms with E-state index in [1.54, 1.807) is 0 Å². The van der Waals surface area contributed by atoms with Crippen molar-refractivity contribution in [2.24, 2.45) is 0 Å². The third kappa shape index (κ3) is 4.80. The van der Waals surface area contributed by atoms with Crippen molar-refractivity contribution in [3.63, 3.8) is 0 Å². The van der Waals surface area contributed by atoms with Gasteiger partial charge in [-0.2, -0.15) is 5.10 Å². The first-order valence-corrected chi connectivity index (χ1v) is 9.01. The van der Waals surface area contributed by atoms with Gasteiger partial charge in [-0.3, -0.25) is 4.79 Å². The summed E-state index contributed by atoms with van der Waals surface area (Å²) < 4.78 is 2.02. The van der Waals surface area contributed by atoms with Gasteiger partial charge < -0.3 is 10.2 Å². The fourth-order valence-corrected chi connectivity index (χ4v) is 3.38. The minimum absolute atomic E-state index is 0.0608. The highest BCUT2D eigenvalue weighted by Crippen LogP contribution is 2.23. The van der Waals surface area contributed by atoms with Crippen LogP contribution in [0.15, 0.2) is 24.3 Å². The summed E-state index contributed by atoms with van der Waals surface area (Å²) in [4.78, 5) is 18.3. The van der Waals surface area contributed by atoms with Crippen molar-refractivity contribution < 1.29 is 4.79 Å². The Labute approximate surface area is 153 Å². The van der Waals surface area contributed by atoms with Crippen LogP contribution >= 0.6 is 11.6 Å². The Bertz CT molecular complexity index is 737. The van der Waals surface area contributed by atoms with Crippen LogP contribution < -0.4 is 5.32 Å². The number of rotatable bonds is 5. The van der Waals surface area contributed by atoms with E-state index in [2.05, 4.69) is 22.2 Å². The standard InChI is InChI=1S/C18H24ClN5O/c1-13(25)20-12-18-21-17(11-14-4-3-5-15(19)10-14)22-24(18)16-6-8-23(2)9-7-16/h3-5,10,16H,6-9,11-12H2,1-2H3,(H,20,25). The molecule has 1 amide bonds. The summed E-state index contributed by atoms with van der Waals surface area (Å²) in [7, 11) is 2.14. The van der Waals surface area contributed by atoms with Crippen molar-refractivity contribution in [3.05, 3.63) is 46.5 Å². The molecule has 1 aliphatic heterocycles. The molecule has 1 fully saturated rings. The second-order valence-corrected chi connectivity index (χ2v) is 7.08. The van der Waals surface area contributed by atoms with Crippen LogP contribution in [0.3, 0.4) is 0 Å². The lowest BCUT2D eigenvalue weighted by molar-refractivity contribution is -0.119. The molecule has 6 nitrogen and oxygen atoms in total. The number of piperidine rings is 1. The van der Waals surface area contributed by atoms with Gasteiger partial charge in [0, 0.05) is 18.4 Å². The summed E-state index contributed by atoms with van der Waals surface area (Å²) >= 11 is 6.07. The van der Waals surface area contributed by atoms with E-state index < -0.39 is 0 Å². The smallest absolute Gasteiger partial charge is 0.217 e. The van der Waals surface area contributed by atoms with E-state index in [4.69, 9.17) is 16.7 Å². The first kappa shape index (κ1) is 17.9. The predicted octanol–water partition coefficient (Wildman–Crippen LogP) is 2.43. The monoisotopic (exact) mass is 361 g/mol. The normalized spacial score (nSPS) is 16.1. The third-order valence-corrected chi connectivity index (χ3v) is 4.76. The number of halogens is 1. The van der Waals surface area contributed by atoms with Gasteiger partial charge in [-0.05, 0) is 50.7 Å². The van der Waals surface area contributed by atoms with E-state index in [0.717, 1.165) is 43.1 Å². The molecule has 0 atom stereocenters. The predicted molar refractivity (Wildman–Crippen MR) is 97.6 cm³/mol. The maximum Gasteiger partial charge on any atom is 0.217 e. The maximum absolute atomic E-state index is 11.3. The van der Waals surface area contributed by atoms with E-state index in [-0.39, 0.29) is 5.91 Å². The molecule has 134 valence electrons. The number of likely N-dealkylation sites (tertiary alicyclic amines) is 1. The largest absolute Gasteiger partial charge is 0.349 e. The molecule has 0 unspecified atom stereocenters. The van der Waals surface area contributed by atoms with E-state index in [0.29, 0.717) is 24.0 Å². The second-order valence-electron chi connectivity index (χ2n) is 6.64. The van der Waals surface area contributed by atoms with E-state index >= 15 is 0 Å². The SMILES string of the molecule is CC(=O)NCc1nc(Cc2cccc(Cl)c2)nn1C1CCN(C)CC1. The number of amides is 1. The van der Waals surface area contributed by atoms with Crippen LogP contribution in [0.2, 0.25) is 5.02 Å². The number of nitrogens with one attached hydrogen (secondary N) is 1. The molecule has 1 aliphatic rings. The number of benzene rings is 1. The average molecular weight is 362 g/mol. The van der Waals surface area contributed by atoms with E-state index in [1.165, 1.54) is 6.92 Å². The number of carbonyl (C=O) groups excluding carboxylic acids is 1. The molecule has 0 aliphatic carbocycles. The van der Waals surface area contributed by atoms with Crippen molar-refractivity contribution in [2.45, 2.75) is 38.8 Å². The molecule has 2 heterocycles. The molecular formula is C18H24ClN5O.